The second-order valence-corrected chi connectivity index (χ2v) is 10.5. The summed E-state index contributed by atoms with van der Waals surface area (Å²) in [7, 11) is 0. The molecule has 0 amide bonds. The zero-order chi connectivity index (χ0) is 17.3. The zero-order valence-electron chi connectivity index (χ0n) is 16.2. The normalized spacial score (nSPS) is 53.6. The van der Waals surface area contributed by atoms with Gasteiger partial charge in [0.25, 0.3) is 0 Å². The van der Waals surface area contributed by atoms with Crippen molar-refractivity contribution < 1.29 is 5.11 Å². The molecule has 3 fully saturated rings. The van der Waals surface area contributed by atoms with Crippen molar-refractivity contribution in [3.63, 3.8) is 0 Å². The molecule has 0 radical (unpaired) electrons. The summed E-state index contributed by atoms with van der Waals surface area (Å²) < 4.78 is 0. The molecule has 7 atom stereocenters. The topological polar surface area (TPSA) is 20.2 Å². The van der Waals surface area contributed by atoms with Crippen LogP contribution in [-0.4, -0.2) is 10.7 Å². The monoisotopic (exact) mass is 328 g/mol. The zero-order valence-corrected chi connectivity index (χ0v) is 16.2. The van der Waals surface area contributed by atoms with E-state index in [2.05, 4.69) is 33.4 Å². The Hall–Kier alpha value is -0.560. The highest BCUT2D eigenvalue weighted by molar-refractivity contribution is 5.27. The summed E-state index contributed by atoms with van der Waals surface area (Å²) >= 11 is 0. The summed E-state index contributed by atoms with van der Waals surface area (Å²) in [5.74, 6) is 3.34. The van der Waals surface area contributed by atoms with Crippen LogP contribution >= 0.6 is 0 Å². The van der Waals surface area contributed by atoms with Gasteiger partial charge in [0.05, 0.1) is 5.60 Å². The molecule has 0 aromatic heterocycles. The molecule has 0 heterocycles. The second kappa shape index (κ2) is 5.22. The lowest BCUT2D eigenvalue weighted by Gasteiger charge is -2.59. The maximum absolute atomic E-state index is 10.6. The molecule has 0 spiro atoms. The van der Waals surface area contributed by atoms with Crippen molar-refractivity contribution in [3.05, 3.63) is 23.8 Å². The number of rotatable bonds is 1. The predicted molar refractivity (Wildman–Crippen MR) is 101 cm³/mol. The lowest BCUT2D eigenvalue weighted by atomic mass is 9.46. The van der Waals surface area contributed by atoms with Gasteiger partial charge in [0.1, 0.15) is 0 Å². The lowest BCUT2D eigenvalue weighted by molar-refractivity contribution is -0.0623. The Morgan fingerprint density at radius 1 is 1.08 bits per heavy atom. The van der Waals surface area contributed by atoms with Crippen molar-refractivity contribution in [2.24, 2.45) is 34.5 Å². The van der Waals surface area contributed by atoms with E-state index in [1.807, 2.05) is 6.92 Å². The van der Waals surface area contributed by atoms with Crippen LogP contribution in [-0.2, 0) is 0 Å². The Bertz CT molecular complexity index is 585. The van der Waals surface area contributed by atoms with Gasteiger partial charge in [-0.25, -0.2) is 0 Å². The van der Waals surface area contributed by atoms with E-state index in [1.165, 1.54) is 44.1 Å². The van der Waals surface area contributed by atoms with Gasteiger partial charge in [-0.2, -0.15) is 0 Å². The highest BCUT2D eigenvalue weighted by Gasteiger charge is 2.59. The number of fused-ring (bicyclic) bond motifs is 5. The van der Waals surface area contributed by atoms with Crippen molar-refractivity contribution in [1.82, 2.24) is 0 Å². The molecule has 0 saturated heterocycles. The third-order valence-corrected chi connectivity index (χ3v) is 8.97. The highest BCUT2D eigenvalue weighted by Crippen LogP contribution is 2.67. The Morgan fingerprint density at radius 2 is 1.83 bits per heavy atom. The van der Waals surface area contributed by atoms with Gasteiger partial charge >= 0.3 is 0 Å². The molecule has 24 heavy (non-hydrogen) atoms. The van der Waals surface area contributed by atoms with E-state index < -0.39 is 5.60 Å². The van der Waals surface area contributed by atoms with E-state index in [4.69, 9.17) is 0 Å². The van der Waals surface area contributed by atoms with Crippen molar-refractivity contribution in [2.75, 3.05) is 0 Å². The number of aliphatic hydroxyl groups is 1. The first-order valence-corrected chi connectivity index (χ1v) is 10.2. The van der Waals surface area contributed by atoms with Crippen LogP contribution in [0, 0.1) is 34.5 Å². The van der Waals surface area contributed by atoms with Crippen molar-refractivity contribution in [2.45, 2.75) is 84.7 Å². The fourth-order valence-corrected chi connectivity index (χ4v) is 7.61. The molecule has 4 rings (SSSR count). The van der Waals surface area contributed by atoms with E-state index in [0.717, 1.165) is 36.5 Å². The smallest absolute Gasteiger partial charge is 0.0657 e. The molecule has 4 aliphatic carbocycles. The summed E-state index contributed by atoms with van der Waals surface area (Å²) in [6, 6.07) is 0. The molecule has 4 aliphatic rings. The molecule has 134 valence electrons. The first-order chi connectivity index (χ1) is 11.2. The summed E-state index contributed by atoms with van der Waals surface area (Å²) in [6.07, 6.45) is 12.4. The van der Waals surface area contributed by atoms with Crippen LogP contribution < -0.4 is 0 Å². The van der Waals surface area contributed by atoms with Crippen molar-refractivity contribution in [3.8, 4) is 0 Å². The van der Waals surface area contributed by atoms with Gasteiger partial charge in [-0.05, 0) is 99.7 Å². The van der Waals surface area contributed by atoms with Crippen LogP contribution in [0.5, 0.6) is 0 Å². The Kier molecular flexibility index (Phi) is 3.67. The van der Waals surface area contributed by atoms with Crippen LogP contribution in [0.3, 0.4) is 0 Å². The Morgan fingerprint density at radius 3 is 2.54 bits per heavy atom. The van der Waals surface area contributed by atoms with E-state index in [-0.39, 0.29) is 0 Å². The molecule has 0 aliphatic heterocycles. The number of hydrogen-bond acceptors (Lipinski definition) is 1. The first-order valence-electron chi connectivity index (χ1n) is 10.2. The quantitative estimate of drug-likeness (QED) is 0.595. The summed E-state index contributed by atoms with van der Waals surface area (Å²) in [6.45, 7) is 13.7. The van der Waals surface area contributed by atoms with Gasteiger partial charge < -0.3 is 5.11 Å². The maximum atomic E-state index is 10.6. The molecule has 0 aromatic carbocycles. The average molecular weight is 329 g/mol. The average Bonchev–Trinajstić information content (AvgIpc) is 2.85. The van der Waals surface area contributed by atoms with Gasteiger partial charge in [-0.1, -0.05) is 37.6 Å². The van der Waals surface area contributed by atoms with Crippen LogP contribution in [0.2, 0.25) is 0 Å². The Labute approximate surface area is 148 Å². The minimum atomic E-state index is -0.472. The van der Waals surface area contributed by atoms with Gasteiger partial charge in [0, 0.05) is 0 Å². The van der Waals surface area contributed by atoms with E-state index in [9.17, 15) is 5.11 Å². The van der Waals surface area contributed by atoms with Crippen LogP contribution in [0.4, 0.5) is 0 Å². The Balaban J connectivity index is 1.66. The van der Waals surface area contributed by atoms with Crippen LogP contribution in [0.25, 0.3) is 0 Å². The predicted octanol–water partition coefficient (Wildman–Crippen LogP) is 5.89. The molecular formula is C23H36O. The third-order valence-electron chi connectivity index (χ3n) is 8.97. The summed E-state index contributed by atoms with van der Waals surface area (Å²) in [5, 5.41) is 10.6. The molecule has 3 saturated carbocycles. The fourth-order valence-electron chi connectivity index (χ4n) is 7.61. The molecule has 0 bridgehead atoms. The van der Waals surface area contributed by atoms with Gasteiger partial charge in [-0.3, -0.25) is 0 Å². The summed E-state index contributed by atoms with van der Waals surface area (Å²) in [4.78, 5) is 0. The van der Waals surface area contributed by atoms with Crippen molar-refractivity contribution >= 4 is 0 Å². The number of hydrogen-bond donors (Lipinski definition) is 1. The van der Waals surface area contributed by atoms with E-state index >= 15 is 0 Å². The van der Waals surface area contributed by atoms with Crippen LogP contribution in [0.15, 0.2) is 23.8 Å². The van der Waals surface area contributed by atoms with Gasteiger partial charge in [-0.15, -0.1) is 0 Å². The fraction of sp³-hybridized carbons (Fsp3) is 0.826. The molecule has 0 aromatic rings. The van der Waals surface area contributed by atoms with E-state index in [1.54, 1.807) is 5.57 Å². The number of allylic oxidation sites excluding steroid dienone is 2. The minimum absolute atomic E-state index is 0.355. The van der Waals surface area contributed by atoms with Crippen molar-refractivity contribution in [1.29, 1.82) is 0 Å². The molecule has 0 unspecified atom stereocenters. The molecule has 1 heteroatoms. The van der Waals surface area contributed by atoms with Gasteiger partial charge in [0.2, 0.25) is 0 Å². The van der Waals surface area contributed by atoms with Gasteiger partial charge in [0.15, 0.2) is 0 Å². The largest absolute Gasteiger partial charge is 0.390 e. The first kappa shape index (κ1) is 16.9. The molecular weight excluding hydrogens is 292 g/mol. The minimum Gasteiger partial charge on any atom is -0.390 e. The third kappa shape index (κ3) is 2.23. The molecule has 1 N–H and O–H groups in total. The van der Waals surface area contributed by atoms with Crippen LogP contribution in [0.1, 0.15) is 79.1 Å². The summed E-state index contributed by atoms with van der Waals surface area (Å²) in [5.41, 5.74) is 3.38. The maximum Gasteiger partial charge on any atom is 0.0657 e. The van der Waals surface area contributed by atoms with E-state index in [0.29, 0.717) is 10.8 Å². The lowest BCUT2D eigenvalue weighted by Crippen LogP contribution is -2.51. The SMILES string of the molecule is C=C(C)[C@H]1CC[C@H]2[C@@H]3CC=C4C[C@@](C)(O)CC[C@]4(C)[C@H]3CC[C@]12C. The standard InChI is InChI=1S/C23H36O/c1-15(2)18-8-9-19-17-7-6-16-14-21(3,24)12-13-22(16,4)20(17)10-11-23(18,19)5/h6,17-20,24H,1,7-14H2,2-5H3/t17-,18+,19-,20-,21-,22-,23+/m0/s1. The highest BCUT2D eigenvalue weighted by atomic mass is 16.3. The molecule has 1 nitrogen and oxygen atoms in total. The second-order valence-electron chi connectivity index (χ2n) is 10.5.